The summed E-state index contributed by atoms with van der Waals surface area (Å²) in [5, 5.41) is 3.26. The molecule has 7 heteroatoms. The van der Waals surface area contributed by atoms with Crippen molar-refractivity contribution < 1.29 is 14.3 Å². The summed E-state index contributed by atoms with van der Waals surface area (Å²) in [6.45, 7) is 1.31. The first-order chi connectivity index (χ1) is 11.2. The van der Waals surface area contributed by atoms with Crippen molar-refractivity contribution in [1.82, 2.24) is 4.98 Å². The summed E-state index contributed by atoms with van der Waals surface area (Å²) in [5.74, 6) is 2.12. The third-order valence-corrected chi connectivity index (χ3v) is 4.30. The van der Waals surface area contributed by atoms with Crippen molar-refractivity contribution in [2.24, 2.45) is 0 Å². The number of aromatic nitrogens is 1. The maximum atomic E-state index is 12.0. The molecule has 0 saturated heterocycles. The van der Waals surface area contributed by atoms with Gasteiger partial charge in [-0.05, 0) is 30.3 Å². The number of benzene rings is 1. The predicted octanol–water partition coefficient (Wildman–Crippen LogP) is 3.63. The van der Waals surface area contributed by atoms with Crippen LogP contribution in [0.15, 0.2) is 41.4 Å². The zero-order valence-corrected chi connectivity index (χ0v) is 13.8. The van der Waals surface area contributed by atoms with Gasteiger partial charge in [-0.3, -0.25) is 4.79 Å². The molecule has 2 heterocycles. The number of carbonyl (C=O) groups is 1. The molecule has 0 spiro atoms. The van der Waals surface area contributed by atoms with E-state index >= 15 is 0 Å². The molecule has 0 radical (unpaired) electrons. The summed E-state index contributed by atoms with van der Waals surface area (Å²) in [6.07, 6.45) is 2.36. The summed E-state index contributed by atoms with van der Waals surface area (Å²) in [7, 11) is 0. The van der Waals surface area contributed by atoms with Gasteiger partial charge in [-0.2, -0.15) is 0 Å². The minimum atomic E-state index is -0.128. The van der Waals surface area contributed by atoms with E-state index in [2.05, 4.69) is 10.3 Å². The van der Waals surface area contributed by atoms with Crippen LogP contribution in [0.25, 0.3) is 0 Å². The number of hydrogen-bond acceptors (Lipinski definition) is 5. The molecule has 1 aromatic carbocycles. The van der Waals surface area contributed by atoms with Crippen molar-refractivity contribution in [2.75, 3.05) is 24.3 Å². The minimum Gasteiger partial charge on any atom is -0.490 e. The Bertz CT molecular complexity index is 694. The molecular formula is C16H15ClN2O3S. The Labute approximate surface area is 143 Å². The molecule has 23 heavy (non-hydrogen) atoms. The second-order valence-electron chi connectivity index (χ2n) is 4.86. The van der Waals surface area contributed by atoms with Crippen molar-refractivity contribution >= 4 is 35.1 Å². The SMILES string of the molecule is O=C(CSc1ccc2c(c1)OCCCO2)Nc1ccc(Cl)cn1. The number of nitrogens with one attached hydrogen (secondary N) is 1. The number of rotatable bonds is 4. The average molecular weight is 351 g/mol. The first-order valence-electron chi connectivity index (χ1n) is 7.14. The molecule has 0 saturated carbocycles. The van der Waals surface area contributed by atoms with Crippen LogP contribution in [0.4, 0.5) is 5.82 Å². The van der Waals surface area contributed by atoms with E-state index in [0.29, 0.717) is 24.1 Å². The Kier molecular flexibility index (Phi) is 5.25. The number of ether oxygens (including phenoxy) is 2. The summed E-state index contributed by atoms with van der Waals surface area (Å²) in [6, 6.07) is 9.05. The van der Waals surface area contributed by atoms with E-state index in [1.54, 1.807) is 12.1 Å². The van der Waals surface area contributed by atoms with E-state index in [1.165, 1.54) is 18.0 Å². The van der Waals surface area contributed by atoms with Gasteiger partial charge in [0.25, 0.3) is 0 Å². The van der Waals surface area contributed by atoms with Crippen LogP contribution in [0.2, 0.25) is 5.02 Å². The number of carbonyl (C=O) groups excluding carboxylic acids is 1. The molecule has 0 bridgehead atoms. The fraction of sp³-hybridized carbons (Fsp3) is 0.250. The normalized spacial score (nSPS) is 13.3. The number of amides is 1. The van der Waals surface area contributed by atoms with Crippen molar-refractivity contribution in [2.45, 2.75) is 11.3 Å². The Balaban J connectivity index is 1.56. The van der Waals surface area contributed by atoms with Gasteiger partial charge in [-0.1, -0.05) is 11.6 Å². The smallest absolute Gasteiger partial charge is 0.235 e. The lowest BCUT2D eigenvalue weighted by atomic mass is 10.3. The van der Waals surface area contributed by atoms with Gasteiger partial charge in [-0.15, -0.1) is 11.8 Å². The standard InChI is InChI=1S/C16H15ClN2O3S/c17-11-2-5-15(18-9-11)19-16(20)10-23-12-3-4-13-14(8-12)22-7-1-6-21-13/h2-5,8-9H,1,6-7,10H2,(H,18,19,20). The van der Waals surface area contributed by atoms with Crippen LogP contribution in [-0.4, -0.2) is 29.9 Å². The largest absolute Gasteiger partial charge is 0.490 e. The highest BCUT2D eigenvalue weighted by Crippen LogP contribution is 2.33. The van der Waals surface area contributed by atoms with Crippen molar-refractivity contribution in [3.8, 4) is 11.5 Å². The zero-order chi connectivity index (χ0) is 16.1. The summed E-state index contributed by atoms with van der Waals surface area (Å²) >= 11 is 7.19. The molecule has 2 aromatic rings. The second kappa shape index (κ2) is 7.57. The molecule has 0 atom stereocenters. The van der Waals surface area contributed by atoms with Crippen LogP contribution in [0.1, 0.15) is 6.42 Å². The first-order valence-corrected chi connectivity index (χ1v) is 8.51. The Hall–Kier alpha value is -1.92. The van der Waals surface area contributed by atoms with E-state index in [1.807, 2.05) is 18.2 Å². The fourth-order valence-electron chi connectivity index (χ4n) is 2.01. The third-order valence-electron chi connectivity index (χ3n) is 3.08. The molecule has 0 unspecified atom stereocenters. The quantitative estimate of drug-likeness (QED) is 0.853. The Morgan fingerprint density at radius 3 is 2.83 bits per heavy atom. The maximum absolute atomic E-state index is 12.0. The van der Waals surface area contributed by atoms with E-state index in [9.17, 15) is 4.79 Å². The van der Waals surface area contributed by atoms with Gasteiger partial charge >= 0.3 is 0 Å². The molecule has 1 N–H and O–H groups in total. The summed E-state index contributed by atoms with van der Waals surface area (Å²) in [4.78, 5) is 16.9. The molecule has 120 valence electrons. The van der Waals surface area contributed by atoms with Gasteiger partial charge in [0.05, 0.1) is 24.0 Å². The summed E-state index contributed by atoms with van der Waals surface area (Å²) in [5.41, 5.74) is 0. The number of nitrogens with zero attached hydrogens (tertiary/aromatic N) is 1. The van der Waals surface area contributed by atoms with E-state index < -0.39 is 0 Å². The molecular weight excluding hydrogens is 336 g/mol. The average Bonchev–Trinajstić information content (AvgIpc) is 2.80. The van der Waals surface area contributed by atoms with Gasteiger partial charge in [0.1, 0.15) is 5.82 Å². The highest BCUT2D eigenvalue weighted by atomic mass is 35.5. The highest BCUT2D eigenvalue weighted by Gasteiger charge is 2.12. The summed E-state index contributed by atoms with van der Waals surface area (Å²) < 4.78 is 11.2. The van der Waals surface area contributed by atoms with Crippen LogP contribution in [0.3, 0.4) is 0 Å². The molecule has 5 nitrogen and oxygen atoms in total. The monoisotopic (exact) mass is 350 g/mol. The topological polar surface area (TPSA) is 60.5 Å². The number of hydrogen-bond donors (Lipinski definition) is 1. The fourth-order valence-corrected chi connectivity index (χ4v) is 2.85. The van der Waals surface area contributed by atoms with E-state index in [4.69, 9.17) is 21.1 Å². The van der Waals surface area contributed by atoms with E-state index in [0.717, 1.165) is 22.8 Å². The lowest BCUT2D eigenvalue weighted by molar-refractivity contribution is -0.113. The van der Waals surface area contributed by atoms with Gasteiger partial charge in [0.2, 0.25) is 5.91 Å². The number of thioether (sulfide) groups is 1. The Morgan fingerprint density at radius 2 is 2.04 bits per heavy atom. The van der Waals surface area contributed by atoms with Gasteiger partial charge < -0.3 is 14.8 Å². The van der Waals surface area contributed by atoms with Crippen LogP contribution in [0, 0.1) is 0 Å². The molecule has 1 aromatic heterocycles. The first kappa shape index (κ1) is 16.0. The zero-order valence-electron chi connectivity index (χ0n) is 12.3. The van der Waals surface area contributed by atoms with Crippen molar-refractivity contribution in [3.63, 3.8) is 0 Å². The van der Waals surface area contributed by atoms with Crippen LogP contribution < -0.4 is 14.8 Å². The number of fused-ring (bicyclic) bond motifs is 1. The number of anilines is 1. The third kappa shape index (κ3) is 4.53. The van der Waals surface area contributed by atoms with Crippen molar-refractivity contribution in [1.29, 1.82) is 0 Å². The highest BCUT2D eigenvalue weighted by molar-refractivity contribution is 8.00. The molecule has 1 aliphatic heterocycles. The van der Waals surface area contributed by atoms with Gasteiger partial charge in [0.15, 0.2) is 11.5 Å². The van der Waals surface area contributed by atoms with Gasteiger partial charge in [-0.25, -0.2) is 4.98 Å². The molecule has 0 fully saturated rings. The molecule has 1 aliphatic rings. The van der Waals surface area contributed by atoms with Crippen LogP contribution >= 0.6 is 23.4 Å². The predicted molar refractivity (Wildman–Crippen MR) is 90.6 cm³/mol. The van der Waals surface area contributed by atoms with Crippen LogP contribution in [-0.2, 0) is 4.79 Å². The molecule has 1 amide bonds. The molecule has 3 rings (SSSR count). The van der Waals surface area contributed by atoms with Gasteiger partial charge in [0, 0.05) is 17.5 Å². The number of halogens is 1. The maximum Gasteiger partial charge on any atom is 0.235 e. The van der Waals surface area contributed by atoms with Crippen LogP contribution in [0.5, 0.6) is 11.5 Å². The van der Waals surface area contributed by atoms with E-state index in [-0.39, 0.29) is 11.7 Å². The van der Waals surface area contributed by atoms with Crippen molar-refractivity contribution in [3.05, 3.63) is 41.6 Å². The number of pyridine rings is 1. The lowest BCUT2D eigenvalue weighted by Crippen LogP contribution is -2.14. The Morgan fingerprint density at radius 1 is 1.22 bits per heavy atom. The second-order valence-corrected chi connectivity index (χ2v) is 6.34. The minimum absolute atomic E-state index is 0.128. The lowest BCUT2D eigenvalue weighted by Gasteiger charge is -2.09. The molecule has 0 aliphatic carbocycles.